The third-order valence-electron chi connectivity index (χ3n) is 3.04. The number of rotatable bonds is 3. The number of piperidine rings is 1. The van der Waals surface area contributed by atoms with Crippen LogP contribution in [-0.2, 0) is 0 Å². The van der Waals surface area contributed by atoms with Gasteiger partial charge in [-0.2, -0.15) is 0 Å². The van der Waals surface area contributed by atoms with Crippen LogP contribution in [0.25, 0.3) is 0 Å². The van der Waals surface area contributed by atoms with Gasteiger partial charge >= 0.3 is 0 Å². The Hall–Kier alpha value is -0.450. The fourth-order valence-electron chi connectivity index (χ4n) is 1.90. The van der Waals surface area contributed by atoms with Crippen molar-refractivity contribution in [2.75, 3.05) is 19.6 Å². The summed E-state index contributed by atoms with van der Waals surface area (Å²) < 4.78 is 0. The van der Waals surface area contributed by atoms with Gasteiger partial charge in [-0.15, -0.1) is 11.3 Å². The molecule has 1 aliphatic heterocycles. The van der Waals surface area contributed by atoms with Crippen LogP contribution in [0.4, 0.5) is 0 Å². The van der Waals surface area contributed by atoms with E-state index in [9.17, 15) is 0 Å². The van der Waals surface area contributed by atoms with E-state index in [4.69, 9.17) is 10.7 Å². The molecule has 3 nitrogen and oxygen atoms in total. The maximum Gasteiger partial charge on any atom is 0.0972 e. The van der Waals surface area contributed by atoms with Gasteiger partial charge in [0.15, 0.2) is 0 Å². The van der Waals surface area contributed by atoms with Gasteiger partial charge in [-0.3, -0.25) is 0 Å². The summed E-state index contributed by atoms with van der Waals surface area (Å²) in [5, 5.41) is 6.89. The molecule has 84 valence electrons. The van der Waals surface area contributed by atoms with Crippen LogP contribution in [0.2, 0.25) is 0 Å². The maximum absolute atomic E-state index is 5.64. The van der Waals surface area contributed by atoms with Gasteiger partial charge in [0.05, 0.1) is 10.7 Å². The molecular formula is C11H19N3S. The Bertz CT molecular complexity index is 305. The Morgan fingerprint density at radius 2 is 2.60 bits per heavy atom. The van der Waals surface area contributed by atoms with Gasteiger partial charge in [0, 0.05) is 30.3 Å². The summed E-state index contributed by atoms with van der Waals surface area (Å²) in [4.78, 5) is 4.70. The molecule has 1 aliphatic rings. The van der Waals surface area contributed by atoms with Crippen molar-refractivity contribution in [1.29, 1.82) is 0 Å². The van der Waals surface area contributed by atoms with Crippen LogP contribution in [0.3, 0.4) is 0 Å². The SMILES string of the molecule is CC(CN)c1csc(C2CCCNC2)n1. The first-order valence-electron chi connectivity index (χ1n) is 5.67. The van der Waals surface area contributed by atoms with E-state index >= 15 is 0 Å². The molecule has 0 bridgehead atoms. The smallest absolute Gasteiger partial charge is 0.0972 e. The lowest BCUT2D eigenvalue weighted by Crippen LogP contribution is -2.28. The molecule has 0 aliphatic carbocycles. The molecule has 2 heterocycles. The molecule has 4 heteroatoms. The van der Waals surface area contributed by atoms with Crippen molar-refractivity contribution >= 4 is 11.3 Å². The summed E-state index contributed by atoms with van der Waals surface area (Å²) in [6, 6.07) is 0. The first-order valence-corrected chi connectivity index (χ1v) is 6.55. The van der Waals surface area contributed by atoms with E-state index in [0.29, 0.717) is 18.4 Å². The van der Waals surface area contributed by atoms with Crippen LogP contribution < -0.4 is 11.1 Å². The summed E-state index contributed by atoms with van der Waals surface area (Å²) >= 11 is 1.79. The lowest BCUT2D eigenvalue weighted by Gasteiger charge is -2.20. The van der Waals surface area contributed by atoms with Gasteiger partial charge in [-0.1, -0.05) is 6.92 Å². The zero-order valence-electron chi connectivity index (χ0n) is 9.20. The quantitative estimate of drug-likeness (QED) is 0.823. The zero-order chi connectivity index (χ0) is 10.7. The topological polar surface area (TPSA) is 50.9 Å². The van der Waals surface area contributed by atoms with Crippen molar-refractivity contribution < 1.29 is 0 Å². The fraction of sp³-hybridized carbons (Fsp3) is 0.727. The highest BCUT2D eigenvalue weighted by Gasteiger charge is 2.19. The Kier molecular flexibility index (Phi) is 3.72. The third kappa shape index (κ3) is 2.56. The van der Waals surface area contributed by atoms with Gasteiger partial charge in [-0.05, 0) is 19.4 Å². The van der Waals surface area contributed by atoms with Crippen LogP contribution in [0.1, 0.15) is 42.3 Å². The molecule has 0 amide bonds. The fourth-order valence-corrected chi connectivity index (χ4v) is 2.98. The van der Waals surface area contributed by atoms with E-state index < -0.39 is 0 Å². The summed E-state index contributed by atoms with van der Waals surface area (Å²) in [5.41, 5.74) is 6.81. The van der Waals surface area contributed by atoms with Crippen LogP contribution in [0.15, 0.2) is 5.38 Å². The maximum atomic E-state index is 5.64. The summed E-state index contributed by atoms with van der Waals surface area (Å²) in [6.07, 6.45) is 2.54. The molecule has 1 aromatic rings. The number of nitrogens with one attached hydrogen (secondary N) is 1. The molecule has 2 atom stereocenters. The highest BCUT2D eigenvalue weighted by Crippen LogP contribution is 2.28. The molecule has 0 aromatic carbocycles. The van der Waals surface area contributed by atoms with Gasteiger partial charge in [0.2, 0.25) is 0 Å². The van der Waals surface area contributed by atoms with E-state index in [1.807, 2.05) is 0 Å². The number of hydrogen-bond donors (Lipinski definition) is 2. The normalized spacial score (nSPS) is 24.0. The minimum absolute atomic E-state index is 0.395. The first-order chi connectivity index (χ1) is 7.31. The Labute approximate surface area is 95.1 Å². The Balaban J connectivity index is 2.05. The van der Waals surface area contributed by atoms with Crippen molar-refractivity contribution in [2.24, 2.45) is 5.73 Å². The van der Waals surface area contributed by atoms with Crippen LogP contribution in [0.5, 0.6) is 0 Å². The van der Waals surface area contributed by atoms with Crippen LogP contribution >= 0.6 is 11.3 Å². The number of nitrogens with two attached hydrogens (primary N) is 1. The molecule has 15 heavy (non-hydrogen) atoms. The van der Waals surface area contributed by atoms with Gasteiger partial charge < -0.3 is 11.1 Å². The number of hydrogen-bond acceptors (Lipinski definition) is 4. The van der Waals surface area contributed by atoms with Gasteiger partial charge in [-0.25, -0.2) is 4.98 Å². The molecule has 2 unspecified atom stereocenters. The summed E-state index contributed by atoms with van der Waals surface area (Å²) in [6.45, 7) is 5.07. The lowest BCUT2D eigenvalue weighted by atomic mass is 10.0. The molecule has 0 spiro atoms. The Morgan fingerprint density at radius 3 is 3.27 bits per heavy atom. The Morgan fingerprint density at radius 1 is 1.73 bits per heavy atom. The second-order valence-corrected chi connectivity index (χ2v) is 5.18. The monoisotopic (exact) mass is 225 g/mol. The van der Waals surface area contributed by atoms with Gasteiger partial charge in [0.25, 0.3) is 0 Å². The summed E-state index contributed by atoms with van der Waals surface area (Å²) in [7, 11) is 0. The van der Waals surface area contributed by atoms with Crippen molar-refractivity contribution in [3.05, 3.63) is 16.1 Å². The van der Waals surface area contributed by atoms with E-state index in [0.717, 1.165) is 13.1 Å². The molecule has 0 radical (unpaired) electrons. The standard InChI is InChI=1S/C11H19N3S/c1-8(5-12)10-7-15-11(14-10)9-3-2-4-13-6-9/h7-9,13H,2-6,12H2,1H3. The molecule has 2 rings (SSSR count). The zero-order valence-corrected chi connectivity index (χ0v) is 10.0. The van der Waals surface area contributed by atoms with Crippen molar-refractivity contribution in [1.82, 2.24) is 10.3 Å². The average Bonchev–Trinajstić information content (AvgIpc) is 2.78. The predicted octanol–water partition coefficient (Wildman–Crippen LogP) is 1.67. The predicted molar refractivity (Wildman–Crippen MR) is 64.4 cm³/mol. The molecular weight excluding hydrogens is 206 g/mol. The molecule has 3 N–H and O–H groups in total. The first kappa shape index (κ1) is 11.0. The average molecular weight is 225 g/mol. The molecule has 0 saturated carbocycles. The second-order valence-electron chi connectivity index (χ2n) is 4.29. The van der Waals surface area contributed by atoms with Crippen molar-refractivity contribution in [2.45, 2.75) is 31.6 Å². The second kappa shape index (κ2) is 5.05. The van der Waals surface area contributed by atoms with E-state index in [1.165, 1.54) is 23.5 Å². The lowest BCUT2D eigenvalue weighted by molar-refractivity contribution is 0.459. The van der Waals surface area contributed by atoms with Crippen LogP contribution in [-0.4, -0.2) is 24.6 Å². The molecule has 1 aromatic heterocycles. The van der Waals surface area contributed by atoms with E-state index in [-0.39, 0.29) is 0 Å². The van der Waals surface area contributed by atoms with Gasteiger partial charge in [0.1, 0.15) is 0 Å². The van der Waals surface area contributed by atoms with E-state index in [2.05, 4.69) is 17.6 Å². The van der Waals surface area contributed by atoms with Crippen molar-refractivity contribution in [3.8, 4) is 0 Å². The molecule has 1 saturated heterocycles. The number of thiazole rings is 1. The largest absolute Gasteiger partial charge is 0.330 e. The van der Waals surface area contributed by atoms with Crippen molar-refractivity contribution in [3.63, 3.8) is 0 Å². The minimum atomic E-state index is 0.395. The summed E-state index contributed by atoms with van der Waals surface area (Å²) in [5.74, 6) is 1.02. The number of aromatic nitrogens is 1. The van der Waals surface area contributed by atoms with E-state index in [1.54, 1.807) is 11.3 Å². The number of nitrogens with zero attached hydrogens (tertiary/aromatic N) is 1. The highest BCUT2D eigenvalue weighted by molar-refractivity contribution is 7.09. The minimum Gasteiger partial charge on any atom is -0.330 e. The molecule has 1 fully saturated rings. The highest BCUT2D eigenvalue weighted by atomic mass is 32.1. The van der Waals surface area contributed by atoms with Crippen LogP contribution in [0, 0.1) is 0 Å². The third-order valence-corrected chi connectivity index (χ3v) is 4.07.